The minimum atomic E-state index is -0.300. The van der Waals surface area contributed by atoms with Crippen molar-refractivity contribution in [2.45, 2.75) is 49.1 Å². The fourth-order valence-electron chi connectivity index (χ4n) is 1.97. The Morgan fingerprint density at radius 2 is 2.29 bits per heavy atom. The van der Waals surface area contributed by atoms with E-state index in [0.717, 1.165) is 12.8 Å². The van der Waals surface area contributed by atoms with Gasteiger partial charge in [0.15, 0.2) is 0 Å². The van der Waals surface area contributed by atoms with Gasteiger partial charge in [0, 0.05) is 0 Å². The second-order valence-corrected chi connectivity index (χ2v) is 5.42. The number of aromatic nitrogens is 4. The molecule has 0 aromatic carbocycles. The molecule has 1 atom stereocenters. The van der Waals surface area contributed by atoms with Gasteiger partial charge in [-0.1, -0.05) is 24.6 Å². The van der Waals surface area contributed by atoms with Gasteiger partial charge in [-0.2, -0.15) is 0 Å². The quantitative estimate of drug-likeness (QED) is 0.347. The maximum atomic E-state index is 11.3. The number of amides is 1. The first-order valence-corrected chi connectivity index (χ1v) is 6.55. The van der Waals surface area contributed by atoms with Crippen LogP contribution in [0.3, 0.4) is 0 Å². The third kappa shape index (κ3) is 2.75. The summed E-state index contributed by atoms with van der Waals surface area (Å²) in [7, 11) is 0. The van der Waals surface area contributed by atoms with Crippen molar-refractivity contribution < 1.29 is 4.79 Å². The Labute approximate surface area is 103 Å². The molecule has 8 heteroatoms. The van der Waals surface area contributed by atoms with Crippen LogP contribution in [0.2, 0.25) is 0 Å². The fourth-order valence-corrected chi connectivity index (χ4v) is 2.84. The highest BCUT2D eigenvalue weighted by Gasteiger charge is 2.24. The maximum Gasteiger partial charge on any atom is 0.247 e. The predicted octanol–water partition coefficient (Wildman–Crippen LogP) is 0.259. The van der Waals surface area contributed by atoms with E-state index in [1.165, 1.54) is 24.6 Å². The molecule has 2 rings (SSSR count). The number of nitrogens with zero attached hydrogens (tertiary/aromatic N) is 4. The SMILES string of the molecule is CC(Sc1nnnn1C1CCCC1)C(=O)NN. The molecule has 1 aromatic heterocycles. The smallest absolute Gasteiger partial charge is 0.247 e. The van der Waals surface area contributed by atoms with Crippen LogP contribution in [0, 0.1) is 0 Å². The van der Waals surface area contributed by atoms with Crippen LogP contribution in [0.15, 0.2) is 5.16 Å². The molecule has 0 bridgehead atoms. The van der Waals surface area contributed by atoms with Gasteiger partial charge in [0.25, 0.3) is 0 Å². The number of hydrogen-bond acceptors (Lipinski definition) is 6. The summed E-state index contributed by atoms with van der Waals surface area (Å²) >= 11 is 1.33. The molecule has 1 aliphatic carbocycles. The van der Waals surface area contributed by atoms with Gasteiger partial charge in [-0.05, 0) is 30.2 Å². The summed E-state index contributed by atoms with van der Waals surface area (Å²) in [5.74, 6) is 4.86. The van der Waals surface area contributed by atoms with E-state index in [2.05, 4.69) is 21.0 Å². The van der Waals surface area contributed by atoms with E-state index < -0.39 is 0 Å². The van der Waals surface area contributed by atoms with E-state index in [9.17, 15) is 4.79 Å². The van der Waals surface area contributed by atoms with E-state index in [-0.39, 0.29) is 11.2 Å². The lowest BCUT2D eigenvalue weighted by atomic mass is 10.3. The molecule has 1 amide bonds. The molecule has 1 saturated carbocycles. The Morgan fingerprint density at radius 3 is 2.94 bits per heavy atom. The second kappa shape index (κ2) is 5.46. The fraction of sp³-hybridized carbons (Fsp3) is 0.778. The molecule has 7 nitrogen and oxygen atoms in total. The molecule has 1 aromatic rings. The molecule has 1 fully saturated rings. The molecular formula is C9H16N6OS. The van der Waals surface area contributed by atoms with Gasteiger partial charge in [-0.15, -0.1) is 5.10 Å². The number of carbonyl (C=O) groups excluding carboxylic acids is 1. The summed E-state index contributed by atoms with van der Waals surface area (Å²) in [6, 6.07) is 0.376. The standard InChI is InChI=1S/C9H16N6OS/c1-6(8(16)11-10)17-9-12-13-14-15(9)7-4-2-3-5-7/h6-7H,2-5,10H2,1H3,(H,11,16). The van der Waals surface area contributed by atoms with Gasteiger partial charge in [-0.3, -0.25) is 10.2 Å². The molecule has 1 aliphatic rings. The number of carbonyl (C=O) groups is 1. The van der Waals surface area contributed by atoms with Crippen LogP contribution in [0.4, 0.5) is 0 Å². The highest BCUT2D eigenvalue weighted by atomic mass is 32.2. The van der Waals surface area contributed by atoms with Crippen molar-refractivity contribution in [3.8, 4) is 0 Å². The van der Waals surface area contributed by atoms with Crippen molar-refractivity contribution in [1.29, 1.82) is 0 Å². The van der Waals surface area contributed by atoms with Gasteiger partial charge in [-0.25, -0.2) is 10.5 Å². The number of tetrazole rings is 1. The zero-order valence-electron chi connectivity index (χ0n) is 9.67. The number of thioether (sulfide) groups is 1. The maximum absolute atomic E-state index is 11.3. The lowest BCUT2D eigenvalue weighted by Gasteiger charge is -2.13. The van der Waals surface area contributed by atoms with E-state index in [4.69, 9.17) is 5.84 Å². The summed E-state index contributed by atoms with van der Waals surface area (Å²) < 4.78 is 1.83. The van der Waals surface area contributed by atoms with Crippen molar-refractivity contribution >= 4 is 17.7 Å². The zero-order valence-corrected chi connectivity index (χ0v) is 10.5. The van der Waals surface area contributed by atoms with Gasteiger partial charge in [0.1, 0.15) is 0 Å². The highest BCUT2D eigenvalue weighted by molar-refractivity contribution is 8.00. The van der Waals surface area contributed by atoms with Crippen LogP contribution >= 0.6 is 11.8 Å². The summed E-state index contributed by atoms with van der Waals surface area (Å²) in [5.41, 5.74) is 2.13. The van der Waals surface area contributed by atoms with Crippen molar-refractivity contribution in [2.75, 3.05) is 0 Å². The summed E-state index contributed by atoms with van der Waals surface area (Å²) in [6.07, 6.45) is 4.65. The topological polar surface area (TPSA) is 98.7 Å². The van der Waals surface area contributed by atoms with Crippen molar-refractivity contribution in [3.05, 3.63) is 0 Å². The molecule has 0 spiro atoms. The van der Waals surface area contributed by atoms with Crippen LogP contribution in [0.25, 0.3) is 0 Å². The third-order valence-electron chi connectivity index (χ3n) is 2.93. The Morgan fingerprint density at radius 1 is 1.59 bits per heavy atom. The number of nitrogens with one attached hydrogen (secondary N) is 1. The van der Waals surface area contributed by atoms with Crippen molar-refractivity contribution in [3.63, 3.8) is 0 Å². The lowest BCUT2D eigenvalue weighted by molar-refractivity contribution is -0.120. The monoisotopic (exact) mass is 256 g/mol. The summed E-state index contributed by atoms with van der Waals surface area (Å²) in [5, 5.41) is 12.0. The van der Waals surface area contributed by atoms with E-state index in [1.54, 1.807) is 6.92 Å². The molecule has 17 heavy (non-hydrogen) atoms. The summed E-state index contributed by atoms with van der Waals surface area (Å²) in [4.78, 5) is 11.3. The lowest BCUT2D eigenvalue weighted by Crippen LogP contribution is -2.36. The van der Waals surface area contributed by atoms with E-state index in [0.29, 0.717) is 11.2 Å². The molecule has 1 heterocycles. The minimum absolute atomic E-state index is 0.226. The Balaban J connectivity index is 2.05. The average Bonchev–Trinajstić information content (AvgIpc) is 2.97. The minimum Gasteiger partial charge on any atom is -0.293 e. The molecule has 0 aliphatic heterocycles. The van der Waals surface area contributed by atoms with Gasteiger partial charge >= 0.3 is 0 Å². The Kier molecular flexibility index (Phi) is 3.95. The number of hydrazine groups is 1. The second-order valence-electron chi connectivity index (χ2n) is 4.11. The van der Waals surface area contributed by atoms with Crippen LogP contribution in [0.5, 0.6) is 0 Å². The Bertz CT molecular complexity index is 389. The molecule has 1 unspecified atom stereocenters. The molecular weight excluding hydrogens is 240 g/mol. The van der Waals surface area contributed by atoms with E-state index in [1.807, 2.05) is 4.68 Å². The van der Waals surface area contributed by atoms with Crippen molar-refractivity contribution in [2.24, 2.45) is 5.84 Å². The Hall–Kier alpha value is -1.15. The number of rotatable bonds is 4. The first-order chi connectivity index (χ1) is 8.22. The number of hydrogen-bond donors (Lipinski definition) is 2. The van der Waals surface area contributed by atoms with Crippen LogP contribution in [-0.4, -0.2) is 31.4 Å². The number of nitrogens with two attached hydrogens (primary N) is 1. The predicted molar refractivity (Wildman–Crippen MR) is 63.0 cm³/mol. The van der Waals surface area contributed by atoms with Crippen LogP contribution < -0.4 is 11.3 Å². The first-order valence-electron chi connectivity index (χ1n) is 5.67. The van der Waals surface area contributed by atoms with Crippen LogP contribution in [0.1, 0.15) is 38.6 Å². The highest BCUT2D eigenvalue weighted by Crippen LogP contribution is 2.32. The van der Waals surface area contributed by atoms with Crippen LogP contribution in [-0.2, 0) is 4.79 Å². The van der Waals surface area contributed by atoms with Gasteiger partial charge in [0.2, 0.25) is 11.1 Å². The van der Waals surface area contributed by atoms with E-state index >= 15 is 0 Å². The molecule has 3 N–H and O–H groups in total. The molecule has 0 radical (unpaired) electrons. The largest absolute Gasteiger partial charge is 0.293 e. The third-order valence-corrected chi connectivity index (χ3v) is 3.97. The summed E-state index contributed by atoms with van der Waals surface area (Å²) in [6.45, 7) is 1.78. The molecule has 0 saturated heterocycles. The first kappa shape index (κ1) is 12.3. The van der Waals surface area contributed by atoms with Gasteiger partial charge < -0.3 is 0 Å². The normalized spacial score (nSPS) is 18.2. The zero-order chi connectivity index (χ0) is 12.3. The van der Waals surface area contributed by atoms with Crippen molar-refractivity contribution in [1.82, 2.24) is 25.6 Å². The molecule has 94 valence electrons. The average molecular weight is 256 g/mol. The van der Waals surface area contributed by atoms with Gasteiger partial charge in [0.05, 0.1) is 11.3 Å².